The number of rotatable bonds is 5. The van der Waals surface area contributed by atoms with Crippen molar-refractivity contribution in [1.29, 1.82) is 0 Å². The van der Waals surface area contributed by atoms with Crippen LogP contribution in [0, 0.1) is 5.41 Å². The number of primary amides is 1. The summed E-state index contributed by atoms with van der Waals surface area (Å²) in [5.74, 6) is -1.23. The average molecular weight is 462 g/mol. The van der Waals surface area contributed by atoms with Gasteiger partial charge >= 0.3 is 0 Å². The zero-order valence-corrected chi connectivity index (χ0v) is 18.8. The maximum atomic E-state index is 12.9. The van der Waals surface area contributed by atoms with Crippen LogP contribution in [0.5, 0.6) is 0 Å². The Labute approximate surface area is 186 Å². The summed E-state index contributed by atoms with van der Waals surface area (Å²) in [6, 6.07) is 10.1. The molecule has 2 aromatic carbocycles. The van der Waals surface area contributed by atoms with Crippen LogP contribution in [0.2, 0.25) is 5.02 Å². The zero-order valence-electron chi connectivity index (χ0n) is 17.2. The predicted octanol–water partition coefficient (Wildman–Crippen LogP) is 3.40. The summed E-state index contributed by atoms with van der Waals surface area (Å²) in [5, 5.41) is 3.26. The number of anilines is 1. The molecule has 2 amide bonds. The number of fused-ring (bicyclic) bond motifs is 1. The number of sulfonamides is 1. The van der Waals surface area contributed by atoms with Gasteiger partial charge in [-0.15, -0.1) is 0 Å². The first kappa shape index (κ1) is 21.6. The summed E-state index contributed by atoms with van der Waals surface area (Å²) in [6.45, 7) is 4.14. The average Bonchev–Trinajstić information content (AvgIpc) is 3.51. The number of amides is 2. The molecule has 0 bridgehead atoms. The molecular weight excluding hydrogens is 438 g/mol. The lowest BCUT2D eigenvalue weighted by Crippen LogP contribution is -2.38. The van der Waals surface area contributed by atoms with Crippen LogP contribution in [0.15, 0.2) is 36.4 Å². The summed E-state index contributed by atoms with van der Waals surface area (Å²) in [6.07, 6.45) is 1.71. The Morgan fingerprint density at radius 3 is 2.55 bits per heavy atom. The van der Waals surface area contributed by atoms with Crippen LogP contribution in [0.1, 0.15) is 64.6 Å². The first-order valence-corrected chi connectivity index (χ1v) is 11.9. The normalized spacial score (nSPS) is 19.8. The lowest BCUT2D eigenvalue weighted by molar-refractivity contribution is 0.0978. The molecule has 164 valence electrons. The third-order valence-corrected chi connectivity index (χ3v) is 7.89. The summed E-state index contributed by atoms with van der Waals surface area (Å²) >= 11 is 6.27. The molecular formula is C22H24ClN3O4S. The second-order valence-corrected chi connectivity index (χ2v) is 11.3. The Bertz CT molecular complexity index is 1190. The summed E-state index contributed by atoms with van der Waals surface area (Å²) in [4.78, 5) is 24.6. The maximum Gasteiger partial charge on any atom is 0.266 e. The largest absolute Gasteiger partial charge is 0.377 e. The highest BCUT2D eigenvalue weighted by Gasteiger charge is 2.40. The van der Waals surface area contributed by atoms with Gasteiger partial charge in [0.05, 0.1) is 22.5 Å². The Morgan fingerprint density at radius 1 is 1.19 bits per heavy atom. The van der Waals surface area contributed by atoms with Crippen LogP contribution in [0.3, 0.4) is 0 Å². The van der Waals surface area contributed by atoms with Gasteiger partial charge in [0, 0.05) is 10.6 Å². The van der Waals surface area contributed by atoms with Crippen molar-refractivity contribution in [2.45, 2.75) is 44.4 Å². The SMILES string of the molecule is CC1(C)Cc2cc(Cl)cc(C(=O)NS(=O)(=O)C3CC3)c2NC1c1cccc(C(N)=O)c1. The van der Waals surface area contributed by atoms with E-state index < -0.39 is 27.1 Å². The van der Waals surface area contributed by atoms with Gasteiger partial charge in [-0.3, -0.25) is 9.59 Å². The number of halogens is 1. The monoisotopic (exact) mass is 461 g/mol. The van der Waals surface area contributed by atoms with Gasteiger partial charge in [-0.05, 0) is 60.1 Å². The molecule has 1 saturated carbocycles. The van der Waals surface area contributed by atoms with E-state index in [0.717, 1.165) is 11.1 Å². The Hall–Kier alpha value is -2.58. The molecule has 7 nitrogen and oxygen atoms in total. The molecule has 1 fully saturated rings. The summed E-state index contributed by atoms with van der Waals surface area (Å²) in [5.41, 5.74) is 7.94. The van der Waals surface area contributed by atoms with Crippen LogP contribution in [-0.2, 0) is 16.4 Å². The fraction of sp³-hybridized carbons (Fsp3) is 0.364. The number of hydrogen-bond donors (Lipinski definition) is 3. The van der Waals surface area contributed by atoms with Crippen LogP contribution in [0.4, 0.5) is 5.69 Å². The molecule has 1 aliphatic carbocycles. The molecule has 0 aromatic heterocycles. The van der Waals surface area contributed by atoms with E-state index in [9.17, 15) is 18.0 Å². The molecule has 4 N–H and O–H groups in total. The van der Waals surface area contributed by atoms with Crippen molar-refractivity contribution in [1.82, 2.24) is 4.72 Å². The number of benzene rings is 2. The van der Waals surface area contributed by atoms with Crippen molar-refractivity contribution >= 4 is 39.1 Å². The van der Waals surface area contributed by atoms with Crippen molar-refractivity contribution in [3.63, 3.8) is 0 Å². The fourth-order valence-corrected chi connectivity index (χ4v) is 5.67. The highest BCUT2D eigenvalue weighted by Crippen LogP contribution is 2.46. The number of hydrogen-bond acceptors (Lipinski definition) is 5. The van der Waals surface area contributed by atoms with Crippen molar-refractivity contribution in [3.8, 4) is 0 Å². The van der Waals surface area contributed by atoms with Crippen LogP contribution >= 0.6 is 11.6 Å². The van der Waals surface area contributed by atoms with E-state index in [4.69, 9.17) is 17.3 Å². The minimum absolute atomic E-state index is 0.179. The third-order valence-electron chi connectivity index (χ3n) is 5.85. The lowest BCUT2D eigenvalue weighted by Gasteiger charge is -2.42. The predicted molar refractivity (Wildman–Crippen MR) is 120 cm³/mol. The molecule has 0 saturated heterocycles. The van der Waals surface area contributed by atoms with Gasteiger partial charge in [0.15, 0.2) is 0 Å². The summed E-state index contributed by atoms with van der Waals surface area (Å²) < 4.78 is 26.8. The van der Waals surface area contributed by atoms with Gasteiger partial charge in [0.1, 0.15) is 0 Å². The standard InChI is InChI=1S/C22H24ClN3O4S/c1-22(2)11-14-9-15(23)10-17(21(28)26-31(29,30)16-6-7-16)18(14)25-19(22)12-4-3-5-13(8-12)20(24)27/h3-5,8-10,16,19,25H,6-7,11H2,1-2H3,(H2,24,27)(H,26,28). The molecule has 0 radical (unpaired) electrons. The molecule has 1 atom stereocenters. The Morgan fingerprint density at radius 2 is 1.90 bits per heavy atom. The van der Waals surface area contributed by atoms with E-state index in [1.165, 1.54) is 6.07 Å². The van der Waals surface area contributed by atoms with Crippen molar-refractivity contribution in [3.05, 3.63) is 63.7 Å². The van der Waals surface area contributed by atoms with Gasteiger partial charge in [-0.2, -0.15) is 0 Å². The Balaban J connectivity index is 1.74. The topological polar surface area (TPSA) is 118 Å². The van der Waals surface area contributed by atoms with E-state index in [1.807, 2.05) is 6.07 Å². The highest BCUT2D eigenvalue weighted by atomic mass is 35.5. The number of carbonyl (C=O) groups excluding carboxylic acids is 2. The van der Waals surface area contributed by atoms with Crippen molar-refractivity contribution < 1.29 is 18.0 Å². The third kappa shape index (κ3) is 4.27. The zero-order chi connectivity index (χ0) is 22.6. The molecule has 2 aromatic rings. The molecule has 1 heterocycles. The molecule has 4 rings (SSSR count). The second kappa shape index (κ2) is 7.53. The molecule has 31 heavy (non-hydrogen) atoms. The molecule has 2 aliphatic rings. The fourth-order valence-electron chi connectivity index (χ4n) is 4.14. The molecule has 0 spiro atoms. The van der Waals surface area contributed by atoms with E-state index >= 15 is 0 Å². The van der Waals surface area contributed by atoms with Crippen LogP contribution in [0.25, 0.3) is 0 Å². The lowest BCUT2D eigenvalue weighted by atomic mass is 9.72. The van der Waals surface area contributed by atoms with Gasteiger partial charge in [0.2, 0.25) is 15.9 Å². The van der Waals surface area contributed by atoms with Crippen LogP contribution < -0.4 is 15.8 Å². The second-order valence-electron chi connectivity index (χ2n) is 8.90. The number of nitrogens with two attached hydrogens (primary N) is 1. The van der Waals surface area contributed by atoms with Gasteiger partial charge in [-0.25, -0.2) is 13.1 Å². The van der Waals surface area contributed by atoms with E-state index in [-0.39, 0.29) is 17.0 Å². The molecule has 1 aliphatic heterocycles. The van der Waals surface area contributed by atoms with E-state index in [1.54, 1.807) is 24.3 Å². The van der Waals surface area contributed by atoms with Crippen molar-refractivity contribution in [2.24, 2.45) is 11.1 Å². The van der Waals surface area contributed by atoms with E-state index in [2.05, 4.69) is 23.9 Å². The number of nitrogens with one attached hydrogen (secondary N) is 2. The van der Waals surface area contributed by atoms with Gasteiger partial charge < -0.3 is 11.1 Å². The van der Waals surface area contributed by atoms with Gasteiger partial charge in [0.25, 0.3) is 5.91 Å². The van der Waals surface area contributed by atoms with Crippen molar-refractivity contribution in [2.75, 3.05) is 5.32 Å². The Kier molecular flexibility index (Phi) is 5.26. The number of carbonyl (C=O) groups is 2. The first-order valence-electron chi connectivity index (χ1n) is 10.0. The highest BCUT2D eigenvalue weighted by molar-refractivity contribution is 7.91. The minimum Gasteiger partial charge on any atom is -0.377 e. The maximum absolute atomic E-state index is 12.9. The quantitative estimate of drug-likeness (QED) is 0.630. The first-order chi connectivity index (χ1) is 14.5. The van der Waals surface area contributed by atoms with Gasteiger partial charge in [-0.1, -0.05) is 37.6 Å². The summed E-state index contributed by atoms with van der Waals surface area (Å²) in [7, 11) is -3.70. The minimum atomic E-state index is -3.70. The smallest absolute Gasteiger partial charge is 0.266 e. The molecule has 9 heteroatoms. The van der Waals surface area contributed by atoms with Crippen LogP contribution in [-0.4, -0.2) is 25.5 Å². The van der Waals surface area contributed by atoms with E-state index in [0.29, 0.717) is 35.5 Å². The molecule has 1 unspecified atom stereocenters.